The summed E-state index contributed by atoms with van der Waals surface area (Å²) in [4.78, 5) is 0. The largest absolute Gasteiger partial charge is 0.507 e. The van der Waals surface area contributed by atoms with E-state index >= 15 is 0 Å². The molecule has 4 nitrogen and oxygen atoms in total. The van der Waals surface area contributed by atoms with Gasteiger partial charge >= 0.3 is 0 Å². The second-order valence-corrected chi connectivity index (χ2v) is 15.7. The van der Waals surface area contributed by atoms with Gasteiger partial charge in [-0.1, -0.05) is 114 Å². The Kier molecular flexibility index (Phi) is 8.65. The number of aromatic hydroxyl groups is 2. The number of fused-ring (bicyclic) bond motifs is 2. The normalized spacial score (nSPS) is 12.8. The summed E-state index contributed by atoms with van der Waals surface area (Å²) in [5.74, 6) is 0.693. The number of para-hydroxylation sites is 2. The number of allylic oxidation sites excluding steroid dienone is 3. The van der Waals surface area contributed by atoms with Crippen LogP contribution in [0.1, 0.15) is 74.9 Å². The van der Waals surface area contributed by atoms with Crippen LogP contribution in [-0.2, 0) is 31.3 Å². The minimum atomic E-state index is -0.196. The molecule has 2 heterocycles. The Bertz CT molecular complexity index is 2280. The first-order valence-electron chi connectivity index (χ1n) is 17.3. The Morgan fingerprint density at radius 3 is 1.63 bits per heavy atom. The molecule has 0 unspecified atom stereocenters. The lowest BCUT2D eigenvalue weighted by atomic mass is 9.83. The van der Waals surface area contributed by atoms with Crippen LogP contribution in [-0.4, -0.2) is 19.3 Å². The summed E-state index contributed by atoms with van der Waals surface area (Å²) in [6.07, 6.45) is 9.29. The van der Waals surface area contributed by atoms with Gasteiger partial charge in [0.2, 0.25) is 0 Å². The van der Waals surface area contributed by atoms with Gasteiger partial charge < -0.3 is 19.3 Å². The van der Waals surface area contributed by atoms with Crippen molar-refractivity contribution in [3.05, 3.63) is 124 Å². The predicted molar refractivity (Wildman–Crippen MR) is 209 cm³/mol. The van der Waals surface area contributed by atoms with E-state index in [-0.39, 0.29) is 10.8 Å². The van der Waals surface area contributed by atoms with Gasteiger partial charge in [-0.2, -0.15) is 0 Å². The molecule has 0 spiro atoms. The van der Waals surface area contributed by atoms with Crippen molar-refractivity contribution in [3.63, 3.8) is 0 Å². The lowest BCUT2D eigenvalue weighted by molar-refractivity contribution is 0.447. The van der Waals surface area contributed by atoms with Gasteiger partial charge in [0.1, 0.15) is 11.5 Å². The van der Waals surface area contributed by atoms with Gasteiger partial charge in [-0.15, -0.1) is 0 Å². The third-order valence-corrected chi connectivity index (χ3v) is 9.82. The summed E-state index contributed by atoms with van der Waals surface area (Å²) >= 11 is 0. The van der Waals surface area contributed by atoms with Crippen LogP contribution in [0.15, 0.2) is 91.0 Å². The SMILES string of the molecule is Cc1cc(-c2c(/C=C/C=C\Cc3c(-c4cc(C)cc(C(C)(C)C)c4O)n(C)c4ccccc34)c3ccccc3n2C)c(O)c(C(C)(C)C)c1. The number of phenols is 2. The highest BCUT2D eigenvalue weighted by atomic mass is 16.3. The van der Waals surface area contributed by atoms with E-state index in [9.17, 15) is 10.2 Å². The number of rotatable bonds is 6. The molecule has 0 bridgehead atoms. The Morgan fingerprint density at radius 1 is 0.612 bits per heavy atom. The summed E-state index contributed by atoms with van der Waals surface area (Å²) in [7, 11) is 4.17. The van der Waals surface area contributed by atoms with Gasteiger partial charge in [-0.25, -0.2) is 0 Å². The lowest BCUT2D eigenvalue weighted by Crippen LogP contribution is -2.12. The molecule has 2 aromatic heterocycles. The topological polar surface area (TPSA) is 50.3 Å². The molecule has 0 radical (unpaired) electrons. The van der Waals surface area contributed by atoms with Crippen LogP contribution in [0.4, 0.5) is 0 Å². The van der Waals surface area contributed by atoms with E-state index in [2.05, 4.69) is 176 Å². The van der Waals surface area contributed by atoms with Crippen LogP contribution in [0.2, 0.25) is 0 Å². The zero-order valence-electron chi connectivity index (χ0n) is 30.7. The molecule has 4 heteroatoms. The van der Waals surface area contributed by atoms with Crippen molar-refractivity contribution in [1.29, 1.82) is 0 Å². The van der Waals surface area contributed by atoms with Crippen molar-refractivity contribution < 1.29 is 10.2 Å². The highest BCUT2D eigenvalue weighted by molar-refractivity contribution is 5.99. The van der Waals surface area contributed by atoms with Crippen LogP contribution in [0, 0.1) is 13.8 Å². The number of aryl methyl sites for hydroxylation is 4. The number of benzene rings is 4. The Hall–Kier alpha value is -4.96. The molecule has 252 valence electrons. The van der Waals surface area contributed by atoms with E-state index < -0.39 is 0 Å². The second-order valence-electron chi connectivity index (χ2n) is 15.7. The molecule has 0 aliphatic carbocycles. The van der Waals surface area contributed by atoms with Gasteiger partial charge in [0.05, 0.1) is 11.4 Å². The fourth-order valence-corrected chi connectivity index (χ4v) is 7.42. The van der Waals surface area contributed by atoms with E-state index in [1.807, 2.05) is 0 Å². The summed E-state index contributed by atoms with van der Waals surface area (Å²) in [6.45, 7) is 17.1. The summed E-state index contributed by atoms with van der Waals surface area (Å²) in [5.41, 5.74) is 12.1. The van der Waals surface area contributed by atoms with Crippen LogP contribution >= 0.6 is 0 Å². The molecule has 0 atom stereocenters. The molecule has 2 N–H and O–H groups in total. The average Bonchev–Trinajstić information content (AvgIpc) is 3.48. The van der Waals surface area contributed by atoms with Crippen LogP contribution in [0.3, 0.4) is 0 Å². The smallest absolute Gasteiger partial charge is 0.128 e. The van der Waals surface area contributed by atoms with E-state index in [1.165, 1.54) is 10.9 Å². The Balaban J connectivity index is 1.43. The maximum Gasteiger partial charge on any atom is 0.128 e. The molecular weight excluding hydrogens is 601 g/mol. The molecule has 0 aliphatic heterocycles. The third-order valence-electron chi connectivity index (χ3n) is 9.82. The zero-order chi connectivity index (χ0) is 35.4. The van der Waals surface area contributed by atoms with Gasteiger partial charge in [0.15, 0.2) is 0 Å². The van der Waals surface area contributed by atoms with Gasteiger partial charge in [-0.3, -0.25) is 0 Å². The van der Waals surface area contributed by atoms with E-state index in [0.29, 0.717) is 17.9 Å². The number of phenolic OH excluding ortho intramolecular Hbond substituents is 2. The summed E-state index contributed by atoms with van der Waals surface area (Å²) < 4.78 is 4.42. The number of aromatic nitrogens is 2. The van der Waals surface area contributed by atoms with E-state index in [4.69, 9.17) is 0 Å². The first-order chi connectivity index (χ1) is 23.1. The number of hydrogen-bond acceptors (Lipinski definition) is 2. The predicted octanol–water partition coefficient (Wildman–Crippen LogP) is 11.4. The Labute approximate surface area is 291 Å². The standard InChI is InChI=1S/C45H50N2O2/c1-28-24-34(42(48)36(26-28)44(3,4)5)40-32(30-18-14-16-22-38(30)46(40)9)20-12-11-13-21-33-31-19-15-17-23-39(31)47(10)41(33)35-25-29(2)27-37(43(35)49)45(6,7)8/h11-20,22-27,48-49H,21H2,1-10H3/b13-11-,20-12+. The van der Waals surface area contributed by atoms with E-state index in [0.717, 1.165) is 66.8 Å². The lowest BCUT2D eigenvalue weighted by Gasteiger charge is -2.23. The molecular formula is C45H50N2O2. The maximum atomic E-state index is 11.7. The average molecular weight is 651 g/mol. The summed E-state index contributed by atoms with van der Waals surface area (Å²) in [5, 5.41) is 25.6. The minimum Gasteiger partial charge on any atom is -0.507 e. The fourth-order valence-electron chi connectivity index (χ4n) is 7.42. The Morgan fingerprint density at radius 2 is 1.08 bits per heavy atom. The first kappa shape index (κ1) is 33.9. The number of hydrogen-bond donors (Lipinski definition) is 2. The molecule has 0 aliphatic rings. The number of nitrogens with zero attached hydrogens (tertiary/aromatic N) is 2. The van der Waals surface area contributed by atoms with Crippen molar-refractivity contribution >= 4 is 27.9 Å². The molecule has 49 heavy (non-hydrogen) atoms. The highest BCUT2D eigenvalue weighted by Crippen LogP contribution is 2.45. The monoisotopic (exact) mass is 650 g/mol. The quantitative estimate of drug-likeness (QED) is 0.176. The zero-order valence-corrected chi connectivity index (χ0v) is 30.7. The highest BCUT2D eigenvalue weighted by Gasteiger charge is 2.26. The molecule has 0 amide bonds. The van der Waals surface area contributed by atoms with Crippen molar-refractivity contribution in [1.82, 2.24) is 9.13 Å². The van der Waals surface area contributed by atoms with Crippen molar-refractivity contribution in [3.8, 4) is 34.0 Å². The molecule has 0 fully saturated rings. The minimum absolute atomic E-state index is 0.190. The maximum absolute atomic E-state index is 11.7. The molecule has 6 rings (SSSR count). The first-order valence-corrected chi connectivity index (χ1v) is 17.3. The van der Waals surface area contributed by atoms with Gasteiger partial charge in [0.25, 0.3) is 0 Å². The fraction of sp³-hybridized carbons (Fsp3) is 0.289. The van der Waals surface area contributed by atoms with Gasteiger partial charge in [0, 0.05) is 63.7 Å². The van der Waals surface area contributed by atoms with Crippen LogP contribution in [0.5, 0.6) is 11.5 Å². The molecule has 0 saturated carbocycles. The molecule has 0 saturated heterocycles. The van der Waals surface area contributed by atoms with Crippen molar-refractivity contribution in [2.45, 2.75) is 72.6 Å². The third kappa shape index (κ3) is 6.10. The van der Waals surface area contributed by atoms with E-state index in [1.54, 1.807) is 0 Å². The molecule has 4 aromatic carbocycles. The second kappa shape index (κ2) is 12.5. The van der Waals surface area contributed by atoms with Crippen molar-refractivity contribution in [2.75, 3.05) is 0 Å². The van der Waals surface area contributed by atoms with Crippen LogP contribution in [0.25, 0.3) is 50.4 Å². The van der Waals surface area contributed by atoms with Gasteiger partial charge in [-0.05, 0) is 72.1 Å². The molecule has 6 aromatic rings. The van der Waals surface area contributed by atoms with Crippen LogP contribution < -0.4 is 0 Å². The van der Waals surface area contributed by atoms with Crippen molar-refractivity contribution in [2.24, 2.45) is 14.1 Å². The summed E-state index contributed by atoms with van der Waals surface area (Å²) in [6, 6.07) is 25.3.